The first-order chi connectivity index (χ1) is 9.02. The van der Waals surface area contributed by atoms with Crippen molar-refractivity contribution in [3.63, 3.8) is 0 Å². The Hall–Kier alpha value is -1.75. The van der Waals surface area contributed by atoms with Gasteiger partial charge in [0.2, 0.25) is 0 Å². The van der Waals surface area contributed by atoms with Crippen LogP contribution < -0.4 is 10.1 Å². The van der Waals surface area contributed by atoms with Gasteiger partial charge in [0.1, 0.15) is 5.75 Å². The molecular formula is C13H14ClNO4. The Bertz CT molecular complexity index is 482. The van der Waals surface area contributed by atoms with Crippen molar-refractivity contribution in [2.75, 3.05) is 13.2 Å². The predicted octanol–water partition coefficient (Wildman–Crippen LogP) is 1.70. The topological polar surface area (TPSA) is 75.6 Å². The van der Waals surface area contributed by atoms with E-state index in [1.165, 1.54) is 0 Å². The zero-order valence-electron chi connectivity index (χ0n) is 10.2. The average Bonchev–Trinajstić information content (AvgIpc) is 3.17. The number of nitrogens with one attached hydrogen (secondary N) is 1. The zero-order chi connectivity index (χ0) is 13.9. The second-order valence-electron chi connectivity index (χ2n) is 4.60. The van der Waals surface area contributed by atoms with Crippen molar-refractivity contribution in [2.24, 2.45) is 5.41 Å². The maximum Gasteiger partial charge on any atom is 0.311 e. The number of carboxylic acid groups (broad SMARTS) is 1. The summed E-state index contributed by atoms with van der Waals surface area (Å²) in [6, 6.07) is 6.65. The Labute approximate surface area is 115 Å². The molecular weight excluding hydrogens is 270 g/mol. The molecule has 1 aromatic carbocycles. The lowest BCUT2D eigenvalue weighted by molar-refractivity contribution is -0.143. The number of amides is 1. The molecule has 1 aromatic rings. The fourth-order valence-electron chi connectivity index (χ4n) is 1.62. The lowest BCUT2D eigenvalue weighted by Crippen LogP contribution is -2.36. The minimum Gasteiger partial charge on any atom is -0.484 e. The van der Waals surface area contributed by atoms with E-state index in [-0.39, 0.29) is 19.1 Å². The Morgan fingerprint density at radius 1 is 1.32 bits per heavy atom. The van der Waals surface area contributed by atoms with Crippen LogP contribution in [-0.4, -0.2) is 30.1 Å². The molecule has 0 spiro atoms. The number of rotatable bonds is 6. The van der Waals surface area contributed by atoms with E-state index in [2.05, 4.69) is 5.32 Å². The van der Waals surface area contributed by atoms with Crippen LogP contribution in [-0.2, 0) is 9.59 Å². The first kappa shape index (κ1) is 13.7. The van der Waals surface area contributed by atoms with Gasteiger partial charge in [-0.15, -0.1) is 0 Å². The van der Waals surface area contributed by atoms with E-state index < -0.39 is 11.4 Å². The van der Waals surface area contributed by atoms with E-state index in [4.69, 9.17) is 21.4 Å². The van der Waals surface area contributed by atoms with Gasteiger partial charge in [-0.1, -0.05) is 11.6 Å². The SMILES string of the molecule is O=C(COc1ccc(Cl)cc1)NCC1(C(=O)O)CC1. The molecule has 1 amide bonds. The minimum atomic E-state index is -0.855. The van der Waals surface area contributed by atoms with E-state index >= 15 is 0 Å². The first-order valence-electron chi connectivity index (χ1n) is 5.90. The number of benzene rings is 1. The van der Waals surface area contributed by atoms with E-state index in [0.29, 0.717) is 23.6 Å². The summed E-state index contributed by atoms with van der Waals surface area (Å²) in [4.78, 5) is 22.4. The van der Waals surface area contributed by atoms with Crippen LogP contribution in [0.25, 0.3) is 0 Å². The summed E-state index contributed by atoms with van der Waals surface area (Å²) >= 11 is 5.72. The fraction of sp³-hybridized carbons (Fsp3) is 0.385. The van der Waals surface area contributed by atoms with Gasteiger partial charge >= 0.3 is 5.97 Å². The average molecular weight is 284 g/mol. The Kier molecular flexibility index (Phi) is 3.95. The summed E-state index contributed by atoms with van der Waals surface area (Å²) in [5.74, 6) is -0.646. The molecule has 0 saturated heterocycles. The van der Waals surface area contributed by atoms with Gasteiger partial charge in [-0.2, -0.15) is 0 Å². The highest BCUT2D eigenvalue weighted by molar-refractivity contribution is 6.30. The second-order valence-corrected chi connectivity index (χ2v) is 5.04. The summed E-state index contributed by atoms with van der Waals surface area (Å²) < 4.78 is 5.25. The molecule has 1 aliphatic rings. The Morgan fingerprint density at radius 3 is 2.47 bits per heavy atom. The molecule has 1 aliphatic carbocycles. The van der Waals surface area contributed by atoms with Gasteiger partial charge in [0, 0.05) is 11.6 Å². The number of carboxylic acids is 1. The third-order valence-electron chi connectivity index (χ3n) is 3.11. The van der Waals surface area contributed by atoms with Gasteiger partial charge < -0.3 is 15.2 Å². The minimum absolute atomic E-state index is 0.142. The normalized spacial score (nSPS) is 15.6. The molecule has 1 saturated carbocycles. The highest BCUT2D eigenvalue weighted by atomic mass is 35.5. The van der Waals surface area contributed by atoms with E-state index in [1.807, 2.05) is 0 Å². The third-order valence-corrected chi connectivity index (χ3v) is 3.37. The van der Waals surface area contributed by atoms with Crippen LogP contribution in [0.2, 0.25) is 5.02 Å². The van der Waals surface area contributed by atoms with Crippen molar-refractivity contribution in [1.82, 2.24) is 5.32 Å². The van der Waals surface area contributed by atoms with Crippen molar-refractivity contribution in [3.8, 4) is 5.75 Å². The molecule has 2 N–H and O–H groups in total. The maximum atomic E-state index is 11.5. The maximum absolute atomic E-state index is 11.5. The fourth-order valence-corrected chi connectivity index (χ4v) is 1.74. The van der Waals surface area contributed by atoms with Crippen LogP contribution in [0, 0.1) is 5.41 Å². The smallest absolute Gasteiger partial charge is 0.311 e. The summed E-state index contributed by atoms with van der Waals surface area (Å²) in [6.07, 6.45) is 1.22. The first-order valence-corrected chi connectivity index (χ1v) is 6.28. The van der Waals surface area contributed by atoms with Crippen molar-refractivity contribution in [1.29, 1.82) is 0 Å². The molecule has 19 heavy (non-hydrogen) atoms. The number of aliphatic carboxylic acids is 1. The number of halogens is 1. The molecule has 0 radical (unpaired) electrons. The quantitative estimate of drug-likeness (QED) is 0.833. The van der Waals surface area contributed by atoms with Crippen LogP contribution in [0.1, 0.15) is 12.8 Å². The molecule has 1 fully saturated rings. The van der Waals surface area contributed by atoms with Crippen LogP contribution in [0.5, 0.6) is 5.75 Å². The highest BCUT2D eigenvalue weighted by Crippen LogP contribution is 2.45. The summed E-state index contributed by atoms with van der Waals surface area (Å²) in [5, 5.41) is 12.1. The van der Waals surface area contributed by atoms with Crippen LogP contribution in [0.3, 0.4) is 0 Å². The Morgan fingerprint density at radius 2 is 1.95 bits per heavy atom. The van der Waals surface area contributed by atoms with E-state index in [0.717, 1.165) is 0 Å². The van der Waals surface area contributed by atoms with Gasteiger partial charge in [0.25, 0.3) is 5.91 Å². The molecule has 0 bridgehead atoms. The predicted molar refractivity (Wildman–Crippen MR) is 69.3 cm³/mol. The molecule has 5 nitrogen and oxygen atoms in total. The van der Waals surface area contributed by atoms with Gasteiger partial charge in [-0.3, -0.25) is 9.59 Å². The van der Waals surface area contributed by atoms with Crippen LogP contribution in [0.15, 0.2) is 24.3 Å². The van der Waals surface area contributed by atoms with E-state index in [1.54, 1.807) is 24.3 Å². The summed E-state index contributed by atoms with van der Waals surface area (Å²) in [5.41, 5.74) is -0.754. The molecule has 0 atom stereocenters. The largest absolute Gasteiger partial charge is 0.484 e. The van der Waals surface area contributed by atoms with Crippen molar-refractivity contribution in [3.05, 3.63) is 29.3 Å². The van der Waals surface area contributed by atoms with E-state index in [9.17, 15) is 9.59 Å². The Balaban J connectivity index is 1.73. The number of carbonyl (C=O) groups excluding carboxylic acids is 1. The van der Waals surface area contributed by atoms with Crippen molar-refractivity contribution in [2.45, 2.75) is 12.8 Å². The van der Waals surface area contributed by atoms with Crippen LogP contribution in [0.4, 0.5) is 0 Å². The van der Waals surface area contributed by atoms with Gasteiger partial charge in [0.15, 0.2) is 6.61 Å². The monoisotopic (exact) mass is 283 g/mol. The lowest BCUT2D eigenvalue weighted by atomic mass is 10.1. The molecule has 0 aromatic heterocycles. The molecule has 0 unspecified atom stereocenters. The van der Waals surface area contributed by atoms with Gasteiger partial charge in [0.05, 0.1) is 5.41 Å². The highest BCUT2D eigenvalue weighted by Gasteiger charge is 2.50. The molecule has 6 heteroatoms. The summed E-state index contributed by atoms with van der Waals surface area (Å²) in [7, 11) is 0. The molecule has 2 rings (SSSR count). The molecule has 0 heterocycles. The van der Waals surface area contributed by atoms with Gasteiger partial charge in [-0.05, 0) is 37.1 Å². The number of hydrogen-bond donors (Lipinski definition) is 2. The second kappa shape index (κ2) is 5.48. The van der Waals surface area contributed by atoms with Crippen LogP contribution >= 0.6 is 11.6 Å². The van der Waals surface area contributed by atoms with Crippen molar-refractivity contribution < 1.29 is 19.4 Å². The van der Waals surface area contributed by atoms with Gasteiger partial charge in [-0.25, -0.2) is 0 Å². The number of hydrogen-bond acceptors (Lipinski definition) is 3. The number of ether oxygens (including phenoxy) is 1. The summed E-state index contributed by atoms with van der Waals surface area (Å²) in [6.45, 7) is 0.0163. The molecule has 0 aliphatic heterocycles. The zero-order valence-corrected chi connectivity index (χ0v) is 10.9. The molecule has 102 valence electrons. The number of carbonyl (C=O) groups is 2. The van der Waals surface area contributed by atoms with Crippen molar-refractivity contribution >= 4 is 23.5 Å². The lowest BCUT2D eigenvalue weighted by Gasteiger charge is -2.11. The standard InChI is InChI=1S/C13H14ClNO4/c14-9-1-3-10(4-2-9)19-7-11(16)15-8-13(5-6-13)12(17)18/h1-4H,5-8H2,(H,15,16)(H,17,18). The third kappa shape index (κ3) is 3.61.